The Balaban J connectivity index is 0.000001000. The van der Waals surface area contributed by atoms with Gasteiger partial charge in [0.25, 0.3) is 0 Å². The molecule has 52 valence electrons. The predicted molar refractivity (Wildman–Crippen MR) is 30.8 cm³/mol. The number of hydrogen-bond donors (Lipinski definition) is 1. The molecule has 6 heteroatoms. The summed E-state index contributed by atoms with van der Waals surface area (Å²) in [5.41, 5.74) is 5.15. The summed E-state index contributed by atoms with van der Waals surface area (Å²) in [5, 5.41) is 10.1. The number of carboxylic acid groups (broad SMARTS) is 1. The van der Waals surface area contributed by atoms with Crippen molar-refractivity contribution in [3.8, 4) is 0 Å². The number of carboxylic acids is 1. The van der Waals surface area contributed by atoms with Gasteiger partial charge in [-0.3, -0.25) is 0 Å². The van der Waals surface area contributed by atoms with E-state index in [1.807, 2.05) is 0 Å². The van der Waals surface area contributed by atoms with Crippen LogP contribution in [0.5, 0.6) is 0 Å². The minimum Gasteiger partial charge on any atom is -0.542 e. The van der Waals surface area contributed by atoms with Crippen LogP contribution < -0.4 is 62.2 Å². The molecule has 11 heavy (non-hydrogen) atoms. The molecule has 1 aromatic heterocycles. The zero-order valence-electron chi connectivity index (χ0n) is 5.94. The fourth-order valence-electron chi connectivity index (χ4n) is 0.471. The van der Waals surface area contributed by atoms with E-state index in [0.29, 0.717) is 0 Å². The van der Waals surface area contributed by atoms with Gasteiger partial charge in [-0.2, -0.15) is 0 Å². The molecule has 0 aromatic carbocycles. The summed E-state index contributed by atoms with van der Waals surface area (Å²) in [7, 11) is 0. The largest absolute Gasteiger partial charge is 1.00 e. The molecule has 0 spiro atoms. The molecule has 0 unspecified atom stereocenters. The number of nitrogens with zero attached hydrogens (tertiary/aromatic N) is 2. The van der Waals surface area contributed by atoms with E-state index in [0.717, 1.165) is 0 Å². The fraction of sp³-hybridized carbons (Fsp3) is 0. The average molecular weight is 177 g/mol. The first-order valence-electron chi connectivity index (χ1n) is 2.50. The zero-order chi connectivity index (χ0) is 7.56. The number of aromatic carboxylic acids is 1. The van der Waals surface area contributed by atoms with E-state index in [1.54, 1.807) is 0 Å². The second-order valence-electron chi connectivity index (χ2n) is 1.59. The zero-order valence-corrected chi connectivity index (χ0v) is 9.07. The molecule has 0 radical (unpaired) electrons. The number of rotatable bonds is 1. The standard InChI is InChI=1S/C5H5N3O2.K/c6-3-1-2-7-4(8-3)5(9)10;/h1-2H,(H,9,10)(H2,6,7,8);/q;+1/p-1. The Morgan fingerprint density at radius 2 is 2.27 bits per heavy atom. The van der Waals surface area contributed by atoms with Crippen LogP contribution in [0.1, 0.15) is 10.6 Å². The average Bonchev–Trinajstić information content (AvgIpc) is 1.88. The van der Waals surface area contributed by atoms with Crippen molar-refractivity contribution in [3.05, 3.63) is 18.1 Å². The van der Waals surface area contributed by atoms with Crippen LogP contribution in [0, 0.1) is 0 Å². The Morgan fingerprint density at radius 3 is 2.64 bits per heavy atom. The first-order valence-corrected chi connectivity index (χ1v) is 2.50. The van der Waals surface area contributed by atoms with Crippen LogP contribution in [0.4, 0.5) is 5.82 Å². The summed E-state index contributed by atoms with van der Waals surface area (Å²) in [6.07, 6.45) is 1.26. The number of nitrogens with two attached hydrogens (primary N) is 1. The van der Waals surface area contributed by atoms with Crippen molar-refractivity contribution in [1.29, 1.82) is 0 Å². The molecule has 1 heterocycles. The second-order valence-corrected chi connectivity index (χ2v) is 1.59. The van der Waals surface area contributed by atoms with Gasteiger partial charge in [0.2, 0.25) is 0 Å². The third-order valence-corrected chi connectivity index (χ3v) is 0.860. The molecule has 1 aromatic rings. The molecular weight excluding hydrogens is 173 g/mol. The molecule has 0 fully saturated rings. The van der Waals surface area contributed by atoms with Crippen molar-refractivity contribution in [3.63, 3.8) is 0 Å². The second kappa shape index (κ2) is 4.78. The molecule has 0 atom stereocenters. The number of aromatic nitrogens is 2. The third kappa shape index (κ3) is 3.26. The molecule has 2 N–H and O–H groups in total. The molecular formula is C5H4KN3O2. The van der Waals surface area contributed by atoms with Crippen LogP contribution in [0.3, 0.4) is 0 Å². The molecule has 0 aliphatic heterocycles. The first-order chi connectivity index (χ1) is 4.70. The van der Waals surface area contributed by atoms with Crippen LogP contribution in [0.25, 0.3) is 0 Å². The van der Waals surface area contributed by atoms with Gasteiger partial charge in [0.1, 0.15) is 11.8 Å². The summed E-state index contributed by atoms with van der Waals surface area (Å²) >= 11 is 0. The summed E-state index contributed by atoms with van der Waals surface area (Å²) < 4.78 is 0. The molecule has 0 saturated heterocycles. The van der Waals surface area contributed by atoms with Crippen LogP contribution >= 0.6 is 0 Å². The van der Waals surface area contributed by atoms with Gasteiger partial charge in [-0.05, 0) is 6.07 Å². The van der Waals surface area contributed by atoms with E-state index < -0.39 is 5.97 Å². The van der Waals surface area contributed by atoms with Crippen molar-refractivity contribution < 1.29 is 61.3 Å². The summed E-state index contributed by atoms with van der Waals surface area (Å²) in [5.74, 6) is -1.69. The van der Waals surface area contributed by atoms with Crippen LogP contribution in [0.15, 0.2) is 12.3 Å². The molecule has 0 bridgehead atoms. The van der Waals surface area contributed by atoms with Gasteiger partial charge < -0.3 is 15.6 Å². The maximum atomic E-state index is 10.1. The first kappa shape index (κ1) is 11.0. The van der Waals surface area contributed by atoms with Gasteiger partial charge in [0, 0.05) is 6.20 Å². The van der Waals surface area contributed by atoms with Gasteiger partial charge in [-0.25, -0.2) is 9.97 Å². The van der Waals surface area contributed by atoms with Gasteiger partial charge in [-0.15, -0.1) is 0 Å². The minimum absolute atomic E-state index is 0. The summed E-state index contributed by atoms with van der Waals surface area (Å²) in [6.45, 7) is 0. The Labute approximate surface area is 105 Å². The molecule has 0 aliphatic carbocycles. The van der Waals surface area contributed by atoms with E-state index >= 15 is 0 Å². The van der Waals surface area contributed by atoms with Gasteiger partial charge in [0.05, 0.1) is 0 Å². The number of nitrogen functional groups attached to an aromatic ring is 1. The van der Waals surface area contributed by atoms with E-state index in [9.17, 15) is 9.90 Å². The SMILES string of the molecule is Nc1ccnc(C(=O)[O-])n1.[K+]. The molecule has 0 aliphatic rings. The Hall–Kier alpha value is -0.0136. The van der Waals surface area contributed by atoms with Gasteiger partial charge in [0.15, 0.2) is 5.82 Å². The number of carbonyl (C=O) groups excluding carboxylic acids is 1. The predicted octanol–water partition coefficient (Wildman–Crippen LogP) is -4.57. The van der Waals surface area contributed by atoms with Crippen LogP contribution in [-0.2, 0) is 0 Å². The van der Waals surface area contributed by atoms with E-state index in [4.69, 9.17) is 5.73 Å². The smallest absolute Gasteiger partial charge is 0.542 e. The quantitative estimate of drug-likeness (QED) is 0.436. The normalized spacial score (nSPS) is 8.36. The maximum Gasteiger partial charge on any atom is 1.00 e. The van der Waals surface area contributed by atoms with E-state index in [-0.39, 0.29) is 63.0 Å². The minimum atomic E-state index is -1.42. The van der Waals surface area contributed by atoms with Crippen molar-refractivity contribution in [2.75, 3.05) is 5.73 Å². The van der Waals surface area contributed by atoms with Crippen LogP contribution in [0.2, 0.25) is 0 Å². The van der Waals surface area contributed by atoms with Gasteiger partial charge in [-0.1, -0.05) is 0 Å². The monoisotopic (exact) mass is 177 g/mol. The molecule has 0 saturated carbocycles. The molecule has 0 amide bonds. The number of carbonyl (C=O) groups is 1. The van der Waals surface area contributed by atoms with Crippen molar-refractivity contribution >= 4 is 11.8 Å². The van der Waals surface area contributed by atoms with Crippen molar-refractivity contribution in [2.45, 2.75) is 0 Å². The van der Waals surface area contributed by atoms with Crippen molar-refractivity contribution in [2.24, 2.45) is 0 Å². The van der Waals surface area contributed by atoms with Crippen LogP contribution in [-0.4, -0.2) is 15.9 Å². The maximum absolute atomic E-state index is 10.1. The molecule has 5 nitrogen and oxygen atoms in total. The Bertz CT molecular complexity index is 266. The molecule has 1 rings (SSSR count). The van der Waals surface area contributed by atoms with Crippen molar-refractivity contribution in [1.82, 2.24) is 9.97 Å². The number of hydrogen-bond acceptors (Lipinski definition) is 5. The topological polar surface area (TPSA) is 91.9 Å². The summed E-state index contributed by atoms with van der Waals surface area (Å²) in [4.78, 5) is 16.8. The Morgan fingerprint density at radius 1 is 1.64 bits per heavy atom. The Kier molecular flexibility index (Phi) is 4.78. The van der Waals surface area contributed by atoms with E-state index in [1.165, 1.54) is 12.3 Å². The third-order valence-electron chi connectivity index (χ3n) is 0.860. The number of anilines is 1. The fourth-order valence-corrected chi connectivity index (χ4v) is 0.471. The van der Waals surface area contributed by atoms with Gasteiger partial charge >= 0.3 is 51.4 Å². The summed E-state index contributed by atoms with van der Waals surface area (Å²) in [6, 6.07) is 1.40. The van der Waals surface area contributed by atoms with E-state index in [2.05, 4.69) is 9.97 Å².